The van der Waals surface area contributed by atoms with E-state index in [9.17, 15) is 22.8 Å². The maximum Gasteiger partial charge on any atom is 0.416 e. The summed E-state index contributed by atoms with van der Waals surface area (Å²) in [4.78, 5) is 25.7. The quantitative estimate of drug-likeness (QED) is 0.119. The van der Waals surface area contributed by atoms with Crippen molar-refractivity contribution in [1.29, 1.82) is 0 Å². The molecule has 0 amide bonds. The number of aliphatic carboxylic acids is 1. The number of ether oxygens (including phenoxy) is 2. The number of carboxylic acids is 1. The number of nitrogens with one attached hydrogen (secondary N) is 1. The van der Waals surface area contributed by atoms with Crippen LogP contribution in [0.3, 0.4) is 0 Å². The van der Waals surface area contributed by atoms with Gasteiger partial charge in [0.15, 0.2) is 11.6 Å². The van der Waals surface area contributed by atoms with Crippen LogP contribution in [0.4, 0.5) is 22.0 Å². The molecule has 12 heteroatoms. The van der Waals surface area contributed by atoms with E-state index < -0.39 is 65.1 Å². The molecule has 2 unspecified atom stereocenters. The van der Waals surface area contributed by atoms with E-state index in [1.807, 2.05) is 12.1 Å². The van der Waals surface area contributed by atoms with Crippen molar-refractivity contribution in [3.63, 3.8) is 0 Å². The number of carboxylic acid groups (broad SMARTS) is 1. The summed E-state index contributed by atoms with van der Waals surface area (Å²) in [5.74, 6) is -3.06. The van der Waals surface area contributed by atoms with Crippen LogP contribution in [0.15, 0.2) is 71.5 Å². The van der Waals surface area contributed by atoms with Crippen molar-refractivity contribution in [3.8, 4) is 22.8 Å². The van der Waals surface area contributed by atoms with Crippen molar-refractivity contribution >= 4 is 5.97 Å². The summed E-state index contributed by atoms with van der Waals surface area (Å²) in [6.07, 6.45) is -5.70. The monoisotopic (exact) mass is 670 g/mol. The van der Waals surface area contributed by atoms with E-state index in [0.717, 1.165) is 23.8 Å². The van der Waals surface area contributed by atoms with Gasteiger partial charge in [0.2, 0.25) is 5.88 Å². The Hall–Kier alpha value is -4.71. The lowest BCUT2D eigenvalue weighted by atomic mass is 9.91. The minimum Gasteiger partial charge on any atom is -0.488 e. The van der Waals surface area contributed by atoms with Gasteiger partial charge in [0.05, 0.1) is 29.3 Å². The molecule has 0 radical (unpaired) electrons. The number of rotatable bonds is 12. The Bertz CT molecular complexity index is 1860. The number of nitrogens with zero attached hydrogens (tertiary/aromatic N) is 1. The fourth-order valence-electron chi connectivity index (χ4n) is 6.16. The highest BCUT2D eigenvalue weighted by Gasteiger charge is 2.39. The molecule has 0 aliphatic carbocycles. The van der Waals surface area contributed by atoms with Crippen LogP contribution in [0.2, 0.25) is 0 Å². The van der Waals surface area contributed by atoms with E-state index in [4.69, 9.17) is 14.6 Å². The average molecular weight is 671 g/mol. The Kier molecular flexibility index (Phi) is 10.2. The molecule has 0 fully saturated rings. The summed E-state index contributed by atoms with van der Waals surface area (Å²) in [5, 5.41) is 12.5. The molecule has 3 aromatic carbocycles. The Labute approximate surface area is 273 Å². The first-order valence-corrected chi connectivity index (χ1v) is 15.5. The Balaban J connectivity index is 1.75. The zero-order valence-electron chi connectivity index (χ0n) is 26.5. The molecule has 4 aromatic rings. The molecule has 1 aromatic heterocycles. The fourth-order valence-corrected chi connectivity index (χ4v) is 6.16. The molecule has 48 heavy (non-hydrogen) atoms. The lowest BCUT2D eigenvalue weighted by Crippen LogP contribution is -2.36. The van der Waals surface area contributed by atoms with E-state index in [1.165, 1.54) is 29.7 Å². The molecule has 5 rings (SSSR count). The lowest BCUT2D eigenvalue weighted by molar-refractivity contribution is -0.138. The second-order valence-electron chi connectivity index (χ2n) is 11.9. The SMILES string of the molecule is Cc1c(Cc2c(F)cccc2C(F)(F)F)c2n(c(=O)c1-c1cccc(OC(C)C)c1F)C(C(NCCCC(=O)O)c1ccccc1)CO2. The zero-order chi connectivity index (χ0) is 34.7. The van der Waals surface area contributed by atoms with Gasteiger partial charge in [-0.25, -0.2) is 8.78 Å². The summed E-state index contributed by atoms with van der Waals surface area (Å²) in [5.41, 5.74) is -1.78. The van der Waals surface area contributed by atoms with Crippen LogP contribution in [0.25, 0.3) is 11.1 Å². The summed E-state index contributed by atoms with van der Waals surface area (Å²) in [6.45, 7) is 5.05. The zero-order valence-corrected chi connectivity index (χ0v) is 26.5. The molecule has 0 saturated carbocycles. The second kappa shape index (κ2) is 14.2. The van der Waals surface area contributed by atoms with Gasteiger partial charge < -0.3 is 19.9 Å². The number of hydrogen-bond acceptors (Lipinski definition) is 5. The summed E-state index contributed by atoms with van der Waals surface area (Å²) >= 11 is 0. The Morgan fingerprint density at radius 2 is 1.75 bits per heavy atom. The summed E-state index contributed by atoms with van der Waals surface area (Å²) in [7, 11) is 0. The van der Waals surface area contributed by atoms with Gasteiger partial charge in [-0.1, -0.05) is 48.5 Å². The molecule has 7 nitrogen and oxygen atoms in total. The second-order valence-corrected chi connectivity index (χ2v) is 11.9. The molecular formula is C36H35F5N2O5. The van der Waals surface area contributed by atoms with Gasteiger partial charge in [0, 0.05) is 29.5 Å². The van der Waals surface area contributed by atoms with Crippen molar-refractivity contribution in [3.05, 3.63) is 117 Å². The van der Waals surface area contributed by atoms with Crippen molar-refractivity contribution in [2.24, 2.45) is 0 Å². The topological polar surface area (TPSA) is 89.8 Å². The van der Waals surface area contributed by atoms with Crippen molar-refractivity contribution in [1.82, 2.24) is 9.88 Å². The summed E-state index contributed by atoms with van der Waals surface area (Å²) < 4.78 is 86.6. The van der Waals surface area contributed by atoms with Gasteiger partial charge in [0.1, 0.15) is 12.4 Å². The van der Waals surface area contributed by atoms with Crippen LogP contribution < -0.4 is 20.3 Å². The van der Waals surface area contributed by atoms with Gasteiger partial charge in [0.25, 0.3) is 5.56 Å². The average Bonchev–Trinajstić information content (AvgIpc) is 3.46. The maximum absolute atomic E-state index is 16.1. The van der Waals surface area contributed by atoms with Gasteiger partial charge >= 0.3 is 12.1 Å². The smallest absolute Gasteiger partial charge is 0.416 e. The minimum atomic E-state index is -4.88. The van der Waals surface area contributed by atoms with E-state index in [1.54, 1.807) is 32.0 Å². The molecule has 2 atom stereocenters. The van der Waals surface area contributed by atoms with Gasteiger partial charge in [-0.15, -0.1) is 0 Å². The predicted molar refractivity (Wildman–Crippen MR) is 169 cm³/mol. The summed E-state index contributed by atoms with van der Waals surface area (Å²) in [6, 6.07) is 14.6. The number of carbonyl (C=O) groups is 1. The maximum atomic E-state index is 16.1. The third kappa shape index (κ3) is 7.08. The third-order valence-electron chi connectivity index (χ3n) is 8.31. The number of halogens is 5. The Morgan fingerprint density at radius 1 is 1.04 bits per heavy atom. The van der Waals surface area contributed by atoms with Gasteiger partial charge in [-0.2, -0.15) is 13.2 Å². The molecule has 254 valence electrons. The van der Waals surface area contributed by atoms with E-state index in [0.29, 0.717) is 0 Å². The van der Waals surface area contributed by atoms with Crippen LogP contribution in [0.1, 0.15) is 66.6 Å². The number of alkyl halides is 3. The lowest BCUT2D eigenvalue weighted by Gasteiger charge is -2.27. The van der Waals surface area contributed by atoms with Crippen LogP contribution >= 0.6 is 0 Å². The molecular weight excluding hydrogens is 635 g/mol. The minimum absolute atomic E-state index is 0.0501. The number of benzene rings is 3. The number of aromatic nitrogens is 1. The van der Waals surface area contributed by atoms with Gasteiger partial charge in [-0.05, 0) is 63.1 Å². The highest BCUT2D eigenvalue weighted by molar-refractivity contribution is 5.71. The first kappa shape index (κ1) is 34.6. The van der Waals surface area contributed by atoms with E-state index in [2.05, 4.69) is 5.32 Å². The molecule has 2 N–H and O–H groups in total. The number of fused-ring (bicyclic) bond motifs is 1. The van der Waals surface area contributed by atoms with Crippen molar-refractivity contribution in [2.45, 2.75) is 64.4 Å². The first-order valence-electron chi connectivity index (χ1n) is 15.5. The number of hydrogen-bond donors (Lipinski definition) is 2. The highest BCUT2D eigenvalue weighted by atomic mass is 19.4. The van der Waals surface area contributed by atoms with Crippen LogP contribution in [-0.4, -0.2) is 34.9 Å². The molecule has 2 heterocycles. The molecule has 0 saturated heterocycles. The van der Waals surface area contributed by atoms with E-state index in [-0.39, 0.29) is 59.9 Å². The predicted octanol–water partition coefficient (Wildman–Crippen LogP) is 7.63. The fraction of sp³-hybridized carbons (Fsp3) is 0.333. The van der Waals surface area contributed by atoms with Gasteiger partial charge in [-0.3, -0.25) is 14.2 Å². The standard InChI is InChI=1S/C36H35F5N2O5/c1-20(2)48-29-15-7-12-23(32(29)38)31-21(3)24(18-25-26(36(39,40)41)13-8-14-27(25)37)35-43(34(31)46)28(19-47-35)33(22-10-5-4-6-11-22)42-17-9-16-30(44)45/h4-8,10-15,20,28,33,42H,9,16-19H2,1-3H3,(H,44,45). The third-order valence-corrected chi connectivity index (χ3v) is 8.31. The number of pyridine rings is 1. The normalized spacial score (nSPS) is 14.9. The Morgan fingerprint density at radius 3 is 2.42 bits per heavy atom. The molecule has 0 spiro atoms. The van der Waals surface area contributed by atoms with Crippen LogP contribution in [0, 0.1) is 18.6 Å². The van der Waals surface area contributed by atoms with Crippen molar-refractivity contribution < 1.29 is 41.3 Å². The molecule has 0 bridgehead atoms. The van der Waals surface area contributed by atoms with Crippen molar-refractivity contribution in [2.75, 3.05) is 13.2 Å². The van der Waals surface area contributed by atoms with Crippen LogP contribution in [-0.2, 0) is 17.4 Å². The van der Waals surface area contributed by atoms with Crippen LogP contribution in [0.5, 0.6) is 11.6 Å². The largest absolute Gasteiger partial charge is 0.488 e. The molecule has 1 aliphatic heterocycles. The molecule has 1 aliphatic rings. The first-order chi connectivity index (χ1) is 22.8. The van der Waals surface area contributed by atoms with E-state index >= 15 is 8.78 Å². The highest BCUT2D eigenvalue weighted by Crippen LogP contribution is 2.43.